The van der Waals surface area contributed by atoms with E-state index in [1.54, 1.807) is 0 Å². The molecular formula is C19H31IN4O. The molecular weight excluding hydrogens is 427 g/mol. The summed E-state index contributed by atoms with van der Waals surface area (Å²) in [5.74, 6) is 1.03. The molecule has 2 aliphatic heterocycles. The quantitative estimate of drug-likeness (QED) is 0.419. The number of guanidine groups is 1. The maximum absolute atomic E-state index is 5.68. The first-order valence-electron chi connectivity index (χ1n) is 9.18. The Balaban J connectivity index is 0.00000225. The first-order valence-corrected chi connectivity index (χ1v) is 9.18. The Morgan fingerprint density at radius 3 is 2.60 bits per heavy atom. The molecule has 0 saturated carbocycles. The number of halogens is 1. The number of benzene rings is 1. The van der Waals surface area contributed by atoms with Gasteiger partial charge in [-0.3, -0.25) is 9.89 Å². The van der Waals surface area contributed by atoms with Gasteiger partial charge in [-0.05, 0) is 24.8 Å². The number of hydrogen-bond acceptors (Lipinski definition) is 3. The SMILES string of the molecule is CN=C(NCCC1CCCO1)N1CCN(Cc2ccccc2)CC1.I. The van der Waals surface area contributed by atoms with Crippen LogP contribution in [0.25, 0.3) is 0 Å². The summed E-state index contributed by atoms with van der Waals surface area (Å²) in [5, 5.41) is 3.51. The molecule has 2 aliphatic rings. The van der Waals surface area contributed by atoms with Crippen LogP contribution in [0, 0.1) is 0 Å². The smallest absolute Gasteiger partial charge is 0.193 e. The van der Waals surface area contributed by atoms with Gasteiger partial charge in [0.15, 0.2) is 5.96 Å². The first kappa shape index (κ1) is 20.5. The molecule has 1 atom stereocenters. The number of ether oxygens (including phenoxy) is 1. The summed E-state index contributed by atoms with van der Waals surface area (Å²) in [4.78, 5) is 9.35. The van der Waals surface area contributed by atoms with Gasteiger partial charge < -0.3 is 15.0 Å². The van der Waals surface area contributed by atoms with Crippen molar-refractivity contribution in [3.8, 4) is 0 Å². The highest BCUT2D eigenvalue weighted by Gasteiger charge is 2.20. The van der Waals surface area contributed by atoms with Gasteiger partial charge >= 0.3 is 0 Å². The van der Waals surface area contributed by atoms with Crippen molar-refractivity contribution in [2.45, 2.75) is 31.9 Å². The molecule has 1 aromatic carbocycles. The van der Waals surface area contributed by atoms with Crippen LogP contribution in [0.3, 0.4) is 0 Å². The van der Waals surface area contributed by atoms with Crippen LogP contribution in [0.2, 0.25) is 0 Å². The molecule has 0 aliphatic carbocycles. The van der Waals surface area contributed by atoms with Crippen molar-refractivity contribution in [2.24, 2.45) is 4.99 Å². The van der Waals surface area contributed by atoms with Crippen LogP contribution in [0.15, 0.2) is 35.3 Å². The van der Waals surface area contributed by atoms with Crippen LogP contribution in [-0.2, 0) is 11.3 Å². The summed E-state index contributed by atoms with van der Waals surface area (Å²) >= 11 is 0. The topological polar surface area (TPSA) is 40.1 Å². The van der Waals surface area contributed by atoms with Gasteiger partial charge in [0.1, 0.15) is 0 Å². The van der Waals surface area contributed by atoms with Gasteiger partial charge in [0.25, 0.3) is 0 Å². The number of aliphatic imine (C=N–C) groups is 1. The van der Waals surface area contributed by atoms with Crippen molar-refractivity contribution in [1.82, 2.24) is 15.1 Å². The van der Waals surface area contributed by atoms with Gasteiger partial charge in [-0.15, -0.1) is 24.0 Å². The van der Waals surface area contributed by atoms with Gasteiger partial charge in [-0.25, -0.2) is 0 Å². The van der Waals surface area contributed by atoms with E-state index in [1.807, 2.05) is 7.05 Å². The van der Waals surface area contributed by atoms with E-state index in [4.69, 9.17) is 4.74 Å². The summed E-state index contributed by atoms with van der Waals surface area (Å²) in [6.07, 6.45) is 3.94. The molecule has 0 radical (unpaired) electrons. The van der Waals surface area contributed by atoms with E-state index < -0.39 is 0 Å². The van der Waals surface area contributed by atoms with Gasteiger partial charge in [-0.2, -0.15) is 0 Å². The van der Waals surface area contributed by atoms with Crippen LogP contribution in [0.5, 0.6) is 0 Å². The van der Waals surface area contributed by atoms with E-state index in [-0.39, 0.29) is 24.0 Å². The van der Waals surface area contributed by atoms with Crippen LogP contribution < -0.4 is 5.32 Å². The van der Waals surface area contributed by atoms with Crippen molar-refractivity contribution in [2.75, 3.05) is 46.4 Å². The zero-order valence-electron chi connectivity index (χ0n) is 15.2. The van der Waals surface area contributed by atoms with Gasteiger partial charge in [0, 0.05) is 52.9 Å². The third-order valence-electron chi connectivity index (χ3n) is 4.91. The van der Waals surface area contributed by atoms with E-state index in [0.717, 1.165) is 58.3 Å². The van der Waals surface area contributed by atoms with Crippen LogP contribution in [0.1, 0.15) is 24.8 Å². The number of nitrogens with zero attached hydrogens (tertiary/aromatic N) is 3. The molecule has 140 valence electrons. The second-order valence-electron chi connectivity index (χ2n) is 6.65. The van der Waals surface area contributed by atoms with E-state index in [0.29, 0.717) is 6.10 Å². The molecule has 0 spiro atoms. The molecule has 5 nitrogen and oxygen atoms in total. The van der Waals surface area contributed by atoms with E-state index >= 15 is 0 Å². The van der Waals surface area contributed by atoms with E-state index in [1.165, 1.54) is 18.4 Å². The van der Waals surface area contributed by atoms with Gasteiger partial charge in [0.05, 0.1) is 6.10 Å². The minimum absolute atomic E-state index is 0. The van der Waals surface area contributed by atoms with Gasteiger partial charge in [0.2, 0.25) is 0 Å². The molecule has 2 heterocycles. The third-order valence-corrected chi connectivity index (χ3v) is 4.91. The Bertz CT molecular complexity index is 511. The fourth-order valence-corrected chi connectivity index (χ4v) is 3.51. The molecule has 1 N–H and O–H groups in total. The number of nitrogens with one attached hydrogen (secondary N) is 1. The molecule has 1 aromatic rings. The first-order chi connectivity index (χ1) is 11.8. The highest BCUT2D eigenvalue weighted by molar-refractivity contribution is 14.0. The second-order valence-corrected chi connectivity index (χ2v) is 6.65. The van der Waals surface area contributed by atoms with Crippen molar-refractivity contribution < 1.29 is 4.74 Å². The summed E-state index contributed by atoms with van der Waals surface area (Å²) < 4.78 is 5.68. The maximum atomic E-state index is 5.68. The second kappa shape index (κ2) is 11.0. The highest BCUT2D eigenvalue weighted by Crippen LogP contribution is 2.14. The van der Waals surface area contributed by atoms with Crippen molar-refractivity contribution >= 4 is 29.9 Å². The van der Waals surface area contributed by atoms with Crippen molar-refractivity contribution in [1.29, 1.82) is 0 Å². The van der Waals surface area contributed by atoms with Crippen LogP contribution in [0.4, 0.5) is 0 Å². The standard InChI is InChI=1S/C19H30N4O.HI/c1-20-19(21-10-9-18-8-5-15-24-18)23-13-11-22(12-14-23)16-17-6-3-2-4-7-17;/h2-4,6-7,18H,5,8-16H2,1H3,(H,20,21);1H. The van der Waals surface area contributed by atoms with Crippen LogP contribution in [-0.4, -0.2) is 68.2 Å². The van der Waals surface area contributed by atoms with Crippen molar-refractivity contribution in [3.05, 3.63) is 35.9 Å². The Kier molecular flexibility index (Phi) is 8.98. The monoisotopic (exact) mass is 458 g/mol. The fraction of sp³-hybridized carbons (Fsp3) is 0.632. The lowest BCUT2D eigenvalue weighted by Crippen LogP contribution is -2.52. The summed E-state index contributed by atoms with van der Waals surface area (Å²) in [6.45, 7) is 7.16. The molecule has 6 heteroatoms. The van der Waals surface area contributed by atoms with E-state index in [2.05, 4.69) is 50.4 Å². The minimum Gasteiger partial charge on any atom is -0.378 e. The molecule has 0 amide bonds. The third kappa shape index (κ3) is 6.42. The normalized spacial score (nSPS) is 21.9. The minimum atomic E-state index is 0. The number of hydrogen-bond donors (Lipinski definition) is 1. The molecule has 3 rings (SSSR count). The number of rotatable bonds is 5. The van der Waals surface area contributed by atoms with Crippen LogP contribution >= 0.6 is 24.0 Å². The predicted octanol–water partition coefficient (Wildman–Crippen LogP) is 2.57. The largest absolute Gasteiger partial charge is 0.378 e. The fourth-order valence-electron chi connectivity index (χ4n) is 3.51. The number of piperazine rings is 1. The summed E-state index contributed by atoms with van der Waals surface area (Å²) in [7, 11) is 1.88. The molecule has 0 bridgehead atoms. The lowest BCUT2D eigenvalue weighted by atomic mass is 10.2. The summed E-state index contributed by atoms with van der Waals surface area (Å²) in [5.41, 5.74) is 1.39. The molecule has 2 saturated heterocycles. The van der Waals surface area contributed by atoms with Crippen molar-refractivity contribution in [3.63, 3.8) is 0 Å². The Hall–Kier alpha value is -0.860. The molecule has 2 fully saturated rings. The average molecular weight is 458 g/mol. The maximum Gasteiger partial charge on any atom is 0.193 e. The highest BCUT2D eigenvalue weighted by atomic mass is 127. The lowest BCUT2D eigenvalue weighted by Gasteiger charge is -2.36. The lowest BCUT2D eigenvalue weighted by molar-refractivity contribution is 0.105. The van der Waals surface area contributed by atoms with Gasteiger partial charge in [-0.1, -0.05) is 30.3 Å². The zero-order valence-corrected chi connectivity index (χ0v) is 17.5. The predicted molar refractivity (Wildman–Crippen MR) is 114 cm³/mol. The Morgan fingerprint density at radius 2 is 1.96 bits per heavy atom. The Morgan fingerprint density at radius 1 is 1.20 bits per heavy atom. The molecule has 25 heavy (non-hydrogen) atoms. The summed E-state index contributed by atoms with van der Waals surface area (Å²) in [6, 6.07) is 10.7. The Labute approximate surface area is 168 Å². The molecule has 0 aromatic heterocycles. The van der Waals surface area contributed by atoms with E-state index in [9.17, 15) is 0 Å². The molecule has 1 unspecified atom stereocenters. The zero-order chi connectivity index (χ0) is 16.6. The average Bonchev–Trinajstić information content (AvgIpc) is 3.14.